The normalized spacial score (nSPS) is 19.3. The van der Waals surface area contributed by atoms with Crippen LogP contribution in [-0.2, 0) is 0 Å². The zero-order valence-corrected chi connectivity index (χ0v) is 11.8. The van der Waals surface area contributed by atoms with Gasteiger partial charge in [0.15, 0.2) is 0 Å². The molecule has 0 aromatic heterocycles. The van der Waals surface area contributed by atoms with Crippen molar-refractivity contribution in [1.29, 1.82) is 0 Å². The van der Waals surface area contributed by atoms with Gasteiger partial charge in [-0.15, -0.1) is 0 Å². The predicted molar refractivity (Wildman–Crippen MR) is 75.8 cm³/mol. The van der Waals surface area contributed by atoms with E-state index >= 15 is 0 Å². The molecule has 5 nitrogen and oxygen atoms in total. The molecular weight excluding hydrogens is 266 g/mol. The first kappa shape index (κ1) is 14.0. The molecule has 0 aliphatic carbocycles. The average molecular weight is 284 g/mol. The van der Waals surface area contributed by atoms with E-state index < -0.39 is 0 Å². The summed E-state index contributed by atoms with van der Waals surface area (Å²) >= 11 is 5.99. The second-order valence-electron chi connectivity index (χ2n) is 4.68. The number of nitrogens with one attached hydrogen (secondary N) is 1. The summed E-state index contributed by atoms with van der Waals surface area (Å²) < 4.78 is 5.22. The molecule has 0 saturated carbocycles. The molecule has 2 rings (SSSR count). The quantitative estimate of drug-likeness (QED) is 0.805. The van der Waals surface area contributed by atoms with Crippen LogP contribution in [0.15, 0.2) is 12.1 Å². The zero-order valence-electron chi connectivity index (χ0n) is 11.1. The number of ether oxygens (including phenoxy) is 1. The van der Waals surface area contributed by atoms with Crippen molar-refractivity contribution >= 4 is 23.2 Å². The third-order valence-corrected chi connectivity index (χ3v) is 3.53. The van der Waals surface area contributed by atoms with Crippen LogP contribution in [0, 0.1) is 0 Å². The van der Waals surface area contributed by atoms with Crippen LogP contribution in [0.4, 0.5) is 5.69 Å². The predicted octanol–water partition coefficient (Wildman–Crippen LogP) is 1.36. The summed E-state index contributed by atoms with van der Waals surface area (Å²) in [7, 11) is 1.51. The van der Waals surface area contributed by atoms with Gasteiger partial charge in [-0.2, -0.15) is 0 Å². The molecule has 1 amide bonds. The van der Waals surface area contributed by atoms with Crippen molar-refractivity contribution in [3.63, 3.8) is 0 Å². The molecule has 104 valence electrons. The molecule has 0 bridgehead atoms. The van der Waals surface area contributed by atoms with Gasteiger partial charge in [0.1, 0.15) is 5.75 Å². The Morgan fingerprint density at radius 2 is 2.32 bits per heavy atom. The van der Waals surface area contributed by atoms with Crippen LogP contribution in [-0.4, -0.2) is 43.6 Å². The summed E-state index contributed by atoms with van der Waals surface area (Å²) in [6.45, 7) is 4.18. The van der Waals surface area contributed by atoms with Crippen LogP contribution >= 0.6 is 11.6 Å². The summed E-state index contributed by atoms with van der Waals surface area (Å²) in [4.78, 5) is 14.3. The Kier molecular flexibility index (Phi) is 4.17. The van der Waals surface area contributed by atoms with E-state index in [-0.39, 0.29) is 11.9 Å². The smallest absolute Gasteiger partial charge is 0.257 e. The number of amides is 1. The molecule has 6 heteroatoms. The summed E-state index contributed by atoms with van der Waals surface area (Å²) in [5.41, 5.74) is 6.58. The van der Waals surface area contributed by atoms with E-state index in [0.717, 1.165) is 6.54 Å². The summed E-state index contributed by atoms with van der Waals surface area (Å²) in [6, 6.07) is 3.44. The van der Waals surface area contributed by atoms with Crippen molar-refractivity contribution in [2.24, 2.45) is 0 Å². The Bertz CT molecular complexity index is 493. The molecule has 0 spiro atoms. The lowest BCUT2D eigenvalue weighted by molar-refractivity contribution is 0.0706. The van der Waals surface area contributed by atoms with Gasteiger partial charge in [0.05, 0.1) is 23.4 Å². The zero-order chi connectivity index (χ0) is 14.0. The number of nitrogens with zero attached hydrogens (tertiary/aromatic N) is 1. The van der Waals surface area contributed by atoms with Gasteiger partial charge in [0.25, 0.3) is 5.91 Å². The molecule has 1 heterocycles. The number of piperazine rings is 1. The average Bonchev–Trinajstić information content (AvgIpc) is 2.40. The van der Waals surface area contributed by atoms with Crippen LogP contribution in [0.5, 0.6) is 5.75 Å². The number of carbonyl (C=O) groups is 1. The van der Waals surface area contributed by atoms with Crippen LogP contribution < -0.4 is 15.8 Å². The lowest BCUT2D eigenvalue weighted by Crippen LogP contribution is -2.51. The summed E-state index contributed by atoms with van der Waals surface area (Å²) in [5, 5.41) is 3.66. The van der Waals surface area contributed by atoms with E-state index in [9.17, 15) is 4.79 Å². The number of halogens is 1. The molecule has 1 aliphatic rings. The van der Waals surface area contributed by atoms with Gasteiger partial charge in [0.2, 0.25) is 0 Å². The monoisotopic (exact) mass is 283 g/mol. The number of methoxy groups -OCH3 is 1. The Hall–Kier alpha value is -1.46. The maximum absolute atomic E-state index is 12.5. The number of hydrogen-bond donors (Lipinski definition) is 2. The fourth-order valence-electron chi connectivity index (χ4n) is 2.19. The number of benzene rings is 1. The largest absolute Gasteiger partial charge is 0.496 e. The maximum atomic E-state index is 12.5. The molecular formula is C13H18ClN3O2. The first-order chi connectivity index (χ1) is 9.02. The highest BCUT2D eigenvalue weighted by atomic mass is 35.5. The molecule has 19 heavy (non-hydrogen) atoms. The Balaban J connectivity index is 2.30. The van der Waals surface area contributed by atoms with Gasteiger partial charge >= 0.3 is 0 Å². The van der Waals surface area contributed by atoms with Crippen LogP contribution in [0.1, 0.15) is 17.3 Å². The minimum Gasteiger partial charge on any atom is -0.496 e. The molecule has 1 aromatic carbocycles. The maximum Gasteiger partial charge on any atom is 0.257 e. The lowest BCUT2D eigenvalue weighted by Gasteiger charge is -2.32. The Morgan fingerprint density at radius 1 is 1.58 bits per heavy atom. The van der Waals surface area contributed by atoms with Gasteiger partial charge in [-0.05, 0) is 13.0 Å². The number of nitrogens with two attached hydrogens (primary N) is 1. The highest BCUT2D eigenvalue weighted by Gasteiger charge is 2.24. The number of nitrogen functional groups attached to an aromatic ring is 1. The Morgan fingerprint density at radius 3 is 2.95 bits per heavy atom. The first-order valence-electron chi connectivity index (χ1n) is 6.18. The van der Waals surface area contributed by atoms with Gasteiger partial charge in [-0.25, -0.2) is 0 Å². The van der Waals surface area contributed by atoms with Gasteiger partial charge in [0, 0.05) is 31.7 Å². The Labute approximate surface area is 117 Å². The number of rotatable bonds is 2. The fourth-order valence-corrected chi connectivity index (χ4v) is 2.36. The van der Waals surface area contributed by atoms with E-state index in [0.29, 0.717) is 35.1 Å². The third kappa shape index (κ3) is 2.93. The minimum atomic E-state index is -0.0768. The second kappa shape index (κ2) is 5.67. The van der Waals surface area contributed by atoms with Crippen molar-refractivity contribution in [2.45, 2.75) is 13.0 Å². The van der Waals surface area contributed by atoms with Crippen molar-refractivity contribution in [3.05, 3.63) is 22.7 Å². The van der Waals surface area contributed by atoms with Crippen molar-refractivity contribution in [2.75, 3.05) is 32.5 Å². The van der Waals surface area contributed by atoms with Crippen molar-refractivity contribution in [1.82, 2.24) is 10.2 Å². The van der Waals surface area contributed by atoms with E-state index in [1.807, 2.05) is 6.92 Å². The molecule has 1 unspecified atom stereocenters. The number of hydrogen-bond acceptors (Lipinski definition) is 4. The van der Waals surface area contributed by atoms with Gasteiger partial charge in [-0.3, -0.25) is 4.79 Å². The van der Waals surface area contributed by atoms with Gasteiger partial charge in [-0.1, -0.05) is 11.6 Å². The van der Waals surface area contributed by atoms with E-state index in [1.54, 1.807) is 17.0 Å². The second-order valence-corrected chi connectivity index (χ2v) is 5.09. The highest BCUT2D eigenvalue weighted by molar-refractivity contribution is 6.33. The standard InChI is InChI=1S/C13H18ClN3O2/c1-8-7-17(4-3-16-8)13(18)9-5-10(14)11(15)6-12(9)19-2/h5-6,8,16H,3-4,7,15H2,1-2H3. The lowest BCUT2D eigenvalue weighted by atomic mass is 10.1. The minimum absolute atomic E-state index is 0.0768. The van der Waals surface area contributed by atoms with E-state index in [1.165, 1.54) is 7.11 Å². The number of carbonyl (C=O) groups excluding carboxylic acids is 1. The molecule has 1 atom stereocenters. The third-order valence-electron chi connectivity index (χ3n) is 3.21. The molecule has 1 aromatic rings. The van der Waals surface area contributed by atoms with E-state index in [4.69, 9.17) is 22.1 Å². The van der Waals surface area contributed by atoms with Crippen molar-refractivity contribution in [3.8, 4) is 5.75 Å². The topological polar surface area (TPSA) is 67.6 Å². The molecule has 3 N–H and O–H groups in total. The summed E-state index contributed by atoms with van der Waals surface area (Å²) in [6.07, 6.45) is 0. The highest BCUT2D eigenvalue weighted by Crippen LogP contribution is 2.29. The van der Waals surface area contributed by atoms with Crippen LogP contribution in [0.2, 0.25) is 5.02 Å². The van der Waals surface area contributed by atoms with Crippen molar-refractivity contribution < 1.29 is 9.53 Å². The molecule has 1 aliphatic heterocycles. The van der Waals surface area contributed by atoms with Gasteiger partial charge < -0.3 is 20.7 Å². The molecule has 1 fully saturated rings. The van der Waals surface area contributed by atoms with Crippen LogP contribution in [0.3, 0.4) is 0 Å². The number of anilines is 1. The summed E-state index contributed by atoms with van der Waals surface area (Å²) in [5.74, 6) is 0.380. The first-order valence-corrected chi connectivity index (χ1v) is 6.56. The SMILES string of the molecule is COc1cc(N)c(Cl)cc1C(=O)N1CCNC(C)C1. The van der Waals surface area contributed by atoms with E-state index in [2.05, 4.69) is 5.32 Å². The fraction of sp³-hybridized carbons (Fsp3) is 0.462. The molecule has 0 radical (unpaired) electrons. The van der Waals surface area contributed by atoms with Crippen LogP contribution in [0.25, 0.3) is 0 Å². The molecule has 1 saturated heterocycles.